The number of nitrogens with zero attached hydrogens (tertiary/aromatic N) is 1. The van der Waals surface area contributed by atoms with Crippen molar-refractivity contribution in [3.8, 4) is 5.75 Å². The van der Waals surface area contributed by atoms with E-state index < -0.39 is 0 Å². The van der Waals surface area contributed by atoms with Crippen molar-refractivity contribution in [2.75, 3.05) is 13.7 Å². The van der Waals surface area contributed by atoms with Gasteiger partial charge in [-0.15, -0.1) is 11.3 Å². The largest absolute Gasteiger partial charge is 0.495 e. The SMILES string of the molecule is COc1c(Cc2ccnc3[nH]ccc23)csc1C(=O)NC(CN)Cc1ccccc1. The van der Waals surface area contributed by atoms with E-state index in [2.05, 4.69) is 15.3 Å². The van der Waals surface area contributed by atoms with Gasteiger partial charge in [0, 0.05) is 42.4 Å². The molecule has 6 nitrogen and oxygen atoms in total. The molecule has 30 heavy (non-hydrogen) atoms. The van der Waals surface area contributed by atoms with Gasteiger partial charge in [-0.25, -0.2) is 4.98 Å². The molecule has 0 radical (unpaired) electrons. The van der Waals surface area contributed by atoms with E-state index in [1.807, 2.05) is 54.0 Å². The minimum Gasteiger partial charge on any atom is -0.495 e. The fourth-order valence-electron chi connectivity index (χ4n) is 3.61. The highest BCUT2D eigenvalue weighted by atomic mass is 32.1. The number of carbonyl (C=O) groups is 1. The van der Waals surface area contributed by atoms with E-state index in [4.69, 9.17) is 10.5 Å². The molecule has 0 saturated heterocycles. The second-order valence-electron chi connectivity index (χ2n) is 7.11. The molecule has 7 heteroatoms. The number of nitrogens with one attached hydrogen (secondary N) is 2. The smallest absolute Gasteiger partial charge is 0.265 e. The lowest BCUT2D eigenvalue weighted by atomic mass is 10.0. The van der Waals surface area contributed by atoms with Gasteiger partial charge in [-0.2, -0.15) is 0 Å². The van der Waals surface area contributed by atoms with Gasteiger partial charge < -0.3 is 20.8 Å². The monoisotopic (exact) mass is 420 g/mol. The highest BCUT2D eigenvalue weighted by Crippen LogP contribution is 2.33. The number of aromatic amines is 1. The van der Waals surface area contributed by atoms with Crippen molar-refractivity contribution in [1.82, 2.24) is 15.3 Å². The average molecular weight is 421 g/mol. The molecule has 4 aromatic rings. The normalized spacial score (nSPS) is 12.1. The minimum atomic E-state index is -0.156. The number of methoxy groups -OCH3 is 1. The number of fused-ring (bicyclic) bond motifs is 1. The molecule has 4 N–H and O–H groups in total. The van der Waals surface area contributed by atoms with Crippen molar-refractivity contribution in [3.63, 3.8) is 0 Å². The van der Waals surface area contributed by atoms with Crippen LogP contribution in [0.4, 0.5) is 0 Å². The number of nitrogens with two attached hydrogens (primary N) is 1. The van der Waals surface area contributed by atoms with E-state index in [-0.39, 0.29) is 11.9 Å². The Morgan fingerprint density at radius 1 is 1.23 bits per heavy atom. The van der Waals surface area contributed by atoms with Crippen LogP contribution in [0, 0.1) is 0 Å². The molecule has 0 aliphatic heterocycles. The number of ether oxygens (including phenoxy) is 1. The van der Waals surface area contributed by atoms with Crippen LogP contribution in [-0.2, 0) is 12.8 Å². The molecule has 4 rings (SSSR count). The summed E-state index contributed by atoms with van der Waals surface area (Å²) in [6.07, 6.45) is 5.01. The number of hydrogen-bond acceptors (Lipinski definition) is 5. The topological polar surface area (TPSA) is 93.0 Å². The van der Waals surface area contributed by atoms with E-state index in [1.165, 1.54) is 11.3 Å². The Balaban J connectivity index is 1.52. The molecule has 1 atom stereocenters. The van der Waals surface area contributed by atoms with Crippen molar-refractivity contribution < 1.29 is 9.53 Å². The minimum absolute atomic E-state index is 0.144. The fourth-order valence-corrected chi connectivity index (χ4v) is 4.54. The molecule has 3 aromatic heterocycles. The van der Waals surface area contributed by atoms with Gasteiger partial charge >= 0.3 is 0 Å². The molecule has 1 unspecified atom stereocenters. The number of aromatic nitrogens is 2. The summed E-state index contributed by atoms with van der Waals surface area (Å²) in [5.41, 5.74) is 10.0. The van der Waals surface area contributed by atoms with Gasteiger partial charge in [0.2, 0.25) is 0 Å². The molecule has 0 aliphatic carbocycles. The van der Waals surface area contributed by atoms with Gasteiger partial charge in [0.15, 0.2) is 0 Å². The van der Waals surface area contributed by atoms with Gasteiger partial charge in [-0.1, -0.05) is 30.3 Å². The molecule has 0 bridgehead atoms. The van der Waals surface area contributed by atoms with Gasteiger partial charge in [0.05, 0.1) is 7.11 Å². The first kappa shape index (κ1) is 20.1. The van der Waals surface area contributed by atoms with Crippen LogP contribution in [0.1, 0.15) is 26.4 Å². The van der Waals surface area contributed by atoms with Crippen molar-refractivity contribution in [2.24, 2.45) is 5.73 Å². The summed E-state index contributed by atoms with van der Waals surface area (Å²) in [6.45, 7) is 0.365. The Kier molecular flexibility index (Phi) is 6.11. The molecule has 0 fully saturated rings. The first-order valence-corrected chi connectivity index (χ1v) is 10.7. The maximum atomic E-state index is 13.0. The fraction of sp³-hybridized carbons (Fsp3) is 0.217. The molecule has 1 aromatic carbocycles. The second-order valence-corrected chi connectivity index (χ2v) is 7.99. The molecule has 3 heterocycles. The lowest BCUT2D eigenvalue weighted by molar-refractivity contribution is 0.0939. The van der Waals surface area contributed by atoms with Crippen LogP contribution in [0.15, 0.2) is 60.2 Å². The third-order valence-corrected chi connectivity index (χ3v) is 6.11. The molecule has 154 valence electrons. The number of hydrogen-bond donors (Lipinski definition) is 3. The van der Waals surface area contributed by atoms with Crippen LogP contribution in [0.2, 0.25) is 0 Å². The number of rotatable bonds is 8. The predicted octanol–water partition coefficient (Wildman–Crippen LogP) is 3.52. The maximum absolute atomic E-state index is 13.0. The number of pyridine rings is 1. The van der Waals surface area contributed by atoms with Crippen molar-refractivity contribution in [1.29, 1.82) is 0 Å². The Bertz CT molecular complexity index is 1140. The summed E-state index contributed by atoms with van der Waals surface area (Å²) in [5, 5.41) is 6.12. The van der Waals surface area contributed by atoms with E-state index in [0.29, 0.717) is 30.0 Å². The predicted molar refractivity (Wildman–Crippen MR) is 120 cm³/mol. The lowest BCUT2D eigenvalue weighted by Gasteiger charge is -2.17. The van der Waals surface area contributed by atoms with E-state index >= 15 is 0 Å². The average Bonchev–Trinajstić information content (AvgIpc) is 3.41. The van der Waals surface area contributed by atoms with Gasteiger partial charge in [0.1, 0.15) is 16.3 Å². The zero-order valence-electron chi connectivity index (χ0n) is 16.7. The van der Waals surface area contributed by atoms with Crippen LogP contribution >= 0.6 is 11.3 Å². The van der Waals surface area contributed by atoms with Crippen LogP contribution in [-0.4, -0.2) is 35.6 Å². The Morgan fingerprint density at radius 3 is 2.83 bits per heavy atom. The molecular weight excluding hydrogens is 396 g/mol. The molecule has 1 amide bonds. The van der Waals surface area contributed by atoms with Crippen LogP contribution in [0.3, 0.4) is 0 Å². The maximum Gasteiger partial charge on any atom is 0.265 e. The van der Waals surface area contributed by atoms with Gasteiger partial charge in [-0.3, -0.25) is 4.79 Å². The van der Waals surface area contributed by atoms with E-state index in [0.717, 1.165) is 27.7 Å². The molecule has 0 aliphatic rings. The Hall–Kier alpha value is -3.16. The number of amides is 1. The van der Waals surface area contributed by atoms with Crippen LogP contribution in [0.25, 0.3) is 11.0 Å². The summed E-state index contributed by atoms with van der Waals surface area (Å²) >= 11 is 1.39. The Morgan fingerprint density at radius 2 is 2.07 bits per heavy atom. The zero-order chi connectivity index (χ0) is 20.9. The summed E-state index contributed by atoms with van der Waals surface area (Å²) in [4.78, 5) is 21.0. The molecule has 0 saturated carbocycles. The Labute approximate surface area is 179 Å². The van der Waals surface area contributed by atoms with Gasteiger partial charge in [0.25, 0.3) is 5.91 Å². The summed E-state index contributed by atoms with van der Waals surface area (Å²) < 4.78 is 5.63. The standard InChI is InChI=1S/C23H24N4O2S/c1-29-20-17(12-16-7-9-25-22-19(16)8-10-26-22)14-30-21(20)23(28)27-18(13-24)11-15-5-3-2-4-6-15/h2-10,14,18H,11-13,24H2,1H3,(H,25,26)(H,27,28). The highest BCUT2D eigenvalue weighted by Gasteiger charge is 2.22. The summed E-state index contributed by atoms with van der Waals surface area (Å²) in [7, 11) is 1.60. The highest BCUT2D eigenvalue weighted by molar-refractivity contribution is 7.12. The van der Waals surface area contributed by atoms with Crippen LogP contribution < -0.4 is 15.8 Å². The summed E-state index contributed by atoms with van der Waals surface area (Å²) in [5.74, 6) is 0.462. The quantitative estimate of drug-likeness (QED) is 0.407. The number of H-pyrrole nitrogens is 1. The second kappa shape index (κ2) is 9.11. The van der Waals surface area contributed by atoms with Crippen molar-refractivity contribution >= 4 is 28.3 Å². The molecular formula is C23H24N4O2S. The third-order valence-electron chi connectivity index (χ3n) is 5.10. The zero-order valence-corrected chi connectivity index (χ0v) is 17.5. The summed E-state index contributed by atoms with van der Waals surface area (Å²) in [6, 6.07) is 13.9. The van der Waals surface area contributed by atoms with Crippen molar-refractivity contribution in [2.45, 2.75) is 18.9 Å². The lowest BCUT2D eigenvalue weighted by Crippen LogP contribution is -2.41. The van der Waals surface area contributed by atoms with E-state index in [9.17, 15) is 4.79 Å². The first-order chi connectivity index (χ1) is 14.7. The number of benzene rings is 1. The molecule has 0 spiro atoms. The number of carbonyl (C=O) groups excluding carboxylic acids is 1. The van der Waals surface area contributed by atoms with Crippen molar-refractivity contribution in [3.05, 3.63) is 81.8 Å². The van der Waals surface area contributed by atoms with Crippen LogP contribution in [0.5, 0.6) is 5.75 Å². The van der Waals surface area contributed by atoms with E-state index in [1.54, 1.807) is 13.3 Å². The first-order valence-electron chi connectivity index (χ1n) is 9.79. The third kappa shape index (κ3) is 4.22. The van der Waals surface area contributed by atoms with Gasteiger partial charge in [-0.05, 0) is 35.1 Å². The number of thiophene rings is 1.